The van der Waals surface area contributed by atoms with Crippen LogP contribution in [0.15, 0.2) is 28.1 Å². The monoisotopic (exact) mass is 480 g/mol. The number of likely N-dealkylation sites (tertiary alicyclic amines) is 1. The number of aliphatic imine (C=N–C) groups is 1. The van der Waals surface area contributed by atoms with E-state index in [1.807, 2.05) is 19.1 Å². The number of hydrogen-bond acceptors (Lipinski definition) is 4. The van der Waals surface area contributed by atoms with Crippen molar-refractivity contribution < 1.29 is 8.42 Å². The predicted molar refractivity (Wildman–Crippen MR) is 114 cm³/mol. The molecule has 8 heteroatoms. The Kier molecular flexibility index (Phi) is 8.62. The Balaban J connectivity index is 0.00000312. The van der Waals surface area contributed by atoms with E-state index in [9.17, 15) is 8.42 Å². The molecule has 1 saturated heterocycles. The van der Waals surface area contributed by atoms with Crippen LogP contribution in [0.5, 0.6) is 0 Å². The first-order valence-corrected chi connectivity index (χ1v) is 10.1. The SMILES string of the molecule is CN=C(NCc1ccc(S(C)(=O)=O)c(C)c1)NCC1CCCN1C.I. The normalized spacial score (nSPS) is 18.7. The summed E-state index contributed by atoms with van der Waals surface area (Å²) in [6.07, 6.45) is 3.70. The highest BCUT2D eigenvalue weighted by molar-refractivity contribution is 14.0. The quantitative estimate of drug-likeness (QED) is 0.382. The number of guanidine groups is 1. The number of hydrogen-bond donors (Lipinski definition) is 2. The second kappa shape index (κ2) is 9.72. The molecule has 6 nitrogen and oxygen atoms in total. The Hall–Kier alpha value is -0.870. The molecule has 2 N–H and O–H groups in total. The average Bonchev–Trinajstić information content (AvgIpc) is 2.91. The van der Waals surface area contributed by atoms with E-state index < -0.39 is 9.84 Å². The lowest BCUT2D eigenvalue weighted by molar-refractivity contribution is 0.309. The van der Waals surface area contributed by atoms with Crippen LogP contribution in [0.3, 0.4) is 0 Å². The molecular formula is C17H29IN4O2S. The van der Waals surface area contributed by atoms with Gasteiger partial charge in [-0.15, -0.1) is 24.0 Å². The molecule has 1 aliphatic heterocycles. The molecule has 0 amide bonds. The van der Waals surface area contributed by atoms with E-state index in [-0.39, 0.29) is 24.0 Å². The van der Waals surface area contributed by atoms with Crippen molar-refractivity contribution in [2.24, 2.45) is 4.99 Å². The molecule has 1 heterocycles. The van der Waals surface area contributed by atoms with Gasteiger partial charge in [0, 0.05) is 32.4 Å². The zero-order valence-corrected chi connectivity index (χ0v) is 18.5. The van der Waals surface area contributed by atoms with Crippen LogP contribution in [-0.4, -0.2) is 58.8 Å². The summed E-state index contributed by atoms with van der Waals surface area (Å²) < 4.78 is 23.3. The van der Waals surface area contributed by atoms with E-state index in [0.29, 0.717) is 17.5 Å². The van der Waals surface area contributed by atoms with Gasteiger partial charge in [-0.05, 0) is 50.6 Å². The van der Waals surface area contributed by atoms with Crippen molar-refractivity contribution in [2.75, 3.05) is 33.4 Å². The highest BCUT2D eigenvalue weighted by Crippen LogP contribution is 2.16. The molecule has 0 bridgehead atoms. The molecule has 1 aliphatic rings. The molecule has 1 atom stereocenters. The van der Waals surface area contributed by atoms with E-state index in [1.165, 1.54) is 19.1 Å². The van der Waals surface area contributed by atoms with Gasteiger partial charge in [0.05, 0.1) is 4.90 Å². The van der Waals surface area contributed by atoms with Gasteiger partial charge in [0.15, 0.2) is 15.8 Å². The number of benzene rings is 1. The Labute approximate surface area is 168 Å². The highest BCUT2D eigenvalue weighted by atomic mass is 127. The highest BCUT2D eigenvalue weighted by Gasteiger charge is 2.20. The maximum Gasteiger partial charge on any atom is 0.191 e. The minimum absolute atomic E-state index is 0. The Bertz CT molecular complexity index is 707. The molecule has 0 saturated carbocycles. The molecular weight excluding hydrogens is 451 g/mol. The van der Waals surface area contributed by atoms with Crippen LogP contribution in [-0.2, 0) is 16.4 Å². The second-order valence-electron chi connectivity index (χ2n) is 6.46. The molecule has 0 aromatic heterocycles. The third kappa shape index (κ3) is 6.41. The number of likely N-dealkylation sites (N-methyl/N-ethyl adjacent to an activating group) is 1. The van der Waals surface area contributed by atoms with Crippen LogP contribution in [0.4, 0.5) is 0 Å². The second-order valence-corrected chi connectivity index (χ2v) is 8.44. The van der Waals surface area contributed by atoms with E-state index >= 15 is 0 Å². The molecule has 0 radical (unpaired) electrons. The van der Waals surface area contributed by atoms with Crippen molar-refractivity contribution in [2.45, 2.75) is 37.2 Å². The number of sulfone groups is 1. The van der Waals surface area contributed by atoms with Crippen molar-refractivity contribution in [1.82, 2.24) is 15.5 Å². The van der Waals surface area contributed by atoms with E-state index in [4.69, 9.17) is 0 Å². The van der Waals surface area contributed by atoms with Crippen molar-refractivity contribution in [3.05, 3.63) is 29.3 Å². The molecule has 1 unspecified atom stereocenters. The van der Waals surface area contributed by atoms with E-state index in [2.05, 4.69) is 27.6 Å². The molecule has 0 spiro atoms. The standard InChI is InChI=1S/C17H28N4O2S.HI/c1-13-10-14(7-8-16(13)24(4,22)23)11-19-17(18-2)20-12-15-6-5-9-21(15)3;/h7-8,10,15H,5-6,9,11-12H2,1-4H3,(H2,18,19,20);1H. The molecule has 1 aromatic rings. The van der Waals surface area contributed by atoms with Crippen LogP contribution in [0, 0.1) is 6.92 Å². The minimum atomic E-state index is -3.17. The largest absolute Gasteiger partial charge is 0.355 e. The first kappa shape index (κ1) is 22.2. The zero-order valence-electron chi connectivity index (χ0n) is 15.4. The molecule has 142 valence electrons. The van der Waals surface area contributed by atoms with E-state index in [1.54, 1.807) is 13.1 Å². The van der Waals surface area contributed by atoms with Gasteiger partial charge >= 0.3 is 0 Å². The van der Waals surface area contributed by atoms with Crippen LogP contribution < -0.4 is 10.6 Å². The summed E-state index contributed by atoms with van der Waals surface area (Å²) in [4.78, 5) is 7.00. The topological polar surface area (TPSA) is 73.8 Å². The van der Waals surface area contributed by atoms with Crippen molar-refractivity contribution in [3.63, 3.8) is 0 Å². The first-order chi connectivity index (χ1) is 11.3. The fraction of sp³-hybridized carbons (Fsp3) is 0.588. The predicted octanol–water partition coefficient (Wildman–Crippen LogP) is 1.78. The van der Waals surface area contributed by atoms with Gasteiger partial charge in [-0.1, -0.05) is 12.1 Å². The van der Waals surface area contributed by atoms with Gasteiger partial charge < -0.3 is 15.5 Å². The van der Waals surface area contributed by atoms with Crippen LogP contribution in [0.1, 0.15) is 24.0 Å². The lowest BCUT2D eigenvalue weighted by Gasteiger charge is -2.21. The van der Waals surface area contributed by atoms with Gasteiger partial charge in [-0.2, -0.15) is 0 Å². The fourth-order valence-electron chi connectivity index (χ4n) is 3.10. The molecule has 25 heavy (non-hydrogen) atoms. The lowest BCUT2D eigenvalue weighted by atomic mass is 10.1. The minimum Gasteiger partial charge on any atom is -0.355 e. The average molecular weight is 480 g/mol. The first-order valence-electron chi connectivity index (χ1n) is 8.25. The molecule has 2 rings (SSSR count). The zero-order chi connectivity index (χ0) is 17.7. The number of rotatable bonds is 5. The van der Waals surface area contributed by atoms with Crippen molar-refractivity contribution in [1.29, 1.82) is 0 Å². The van der Waals surface area contributed by atoms with Crippen LogP contribution in [0.25, 0.3) is 0 Å². The summed E-state index contributed by atoms with van der Waals surface area (Å²) in [5.74, 6) is 0.764. The van der Waals surface area contributed by atoms with Gasteiger partial charge in [0.25, 0.3) is 0 Å². The molecule has 1 fully saturated rings. The third-order valence-corrected chi connectivity index (χ3v) is 5.76. The van der Waals surface area contributed by atoms with Crippen LogP contribution >= 0.6 is 24.0 Å². The summed E-state index contributed by atoms with van der Waals surface area (Å²) in [7, 11) is 0.739. The number of halogens is 1. The Morgan fingerprint density at radius 3 is 2.60 bits per heavy atom. The summed E-state index contributed by atoms with van der Waals surface area (Å²) in [5, 5.41) is 6.64. The fourth-order valence-corrected chi connectivity index (χ4v) is 4.05. The maximum atomic E-state index is 11.7. The Morgan fingerprint density at radius 1 is 1.36 bits per heavy atom. The number of nitrogens with zero attached hydrogens (tertiary/aromatic N) is 2. The summed E-state index contributed by atoms with van der Waals surface area (Å²) in [5.41, 5.74) is 1.80. The van der Waals surface area contributed by atoms with Gasteiger partial charge in [-0.25, -0.2) is 8.42 Å². The smallest absolute Gasteiger partial charge is 0.191 e. The summed E-state index contributed by atoms with van der Waals surface area (Å²) in [6.45, 7) is 4.46. The van der Waals surface area contributed by atoms with Crippen molar-refractivity contribution >= 4 is 39.8 Å². The Morgan fingerprint density at radius 2 is 2.08 bits per heavy atom. The number of nitrogens with one attached hydrogen (secondary N) is 2. The molecule has 0 aliphatic carbocycles. The lowest BCUT2D eigenvalue weighted by Crippen LogP contribution is -2.43. The third-order valence-electron chi connectivity index (χ3n) is 4.50. The summed E-state index contributed by atoms with van der Waals surface area (Å²) in [6, 6.07) is 5.97. The van der Waals surface area contributed by atoms with Crippen molar-refractivity contribution in [3.8, 4) is 0 Å². The van der Waals surface area contributed by atoms with Crippen LogP contribution in [0.2, 0.25) is 0 Å². The van der Waals surface area contributed by atoms with Gasteiger partial charge in [0.1, 0.15) is 0 Å². The molecule has 1 aromatic carbocycles. The van der Waals surface area contributed by atoms with Gasteiger partial charge in [-0.3, -0.25) is 4.99 Å². The van der Waals surface area contributed by atoms with Gasteiger partial charge in [0.2, 0.25) is 0 Å². The summed E-state index contributed by atoms with van der Waals surface area (Å²) >= 11 is 0. The number of aryl methyl sites for hydroxylation is 1. The van der Waals surface area contributed by atoms with E-state index in [0.717, 1.165) is 30.2 Å². The maximum absolute atomic E-state index is 11.7.